The van der Waals surface area contributed by atoms with Gasteiger partial charge >= 0.3 is 5.97 Å². The largest absolute Gasteiger partial charge is 0.497 e. The van der Waals surface area contributed by atoms with Crippen LogP contribution in [0, 0.1) is 5.92 Å². The molecule has 0 amide bonds. The molecule has 0 aliphatic carbocycles. The van der Waals surface area contributed by atoms with Crippen molar-refractivity contribution in [2.24, 2.45) is 11.7 Å². The van der Waals surface area contributed by atoms with Crippen LogP contribution in [0.2, 0.25) is 0 Å². The van der Waals surface area contributed by atoms with Crippen molar-refractivity contribution in [1.82, 2.24) is 0 Å². The Balaban J connectivity index is 2.06. The average molecular weight is 336 g/mol. The number of hydrogen-bond acceptors (Lipinski definition) is 6. The molecule has 2 unspecified atom stereocenters. The molecule has 1 aromatic rings. The summed E-state index contributed by atoms with van der Waals surface area (Å²) in [5.41, 5.74) is 7.27. The molecule has 6 heteroatoms. The van der Waals surface area contributed by atoms with E-state index in [0.29, 0.717) is 18.9 Å². The van der Waals surface area contributed by atoms with Crippen LogP contribution >= 0.6 is 0 Å². The normalized spacial score (nSPS) is 20.6. The van der Waals surface area contributed by atoms with Crippen molar-refractivity contribution < 1.29 is 19.0 Å². The second kappa shape index (κ2) is 8.78. The Hall–Kier alpha value is -1.95. The van der Waals surface area contributed by atoms with E-state index in [1.165, 1.54) is 0 Å². The molecule has 1 aliphatic rings. The fraction of sp³-hybridized carbons (Fsp3) is 0.611. The van der Waals surface area contributed by atoms with Gasteiger partial charge in [-0.15, -0.1) is 0 Å². The maximum Gasteiger partial charge on any atom is 0.305 e. The molecule has 24 heavy (non-hydrogen) atoms. The zero-order chi connectivity index (χ0) is 17.5. The molecule has 0 saturated carbocycles. The number of carbonyl (C=O) groups excluding carboxylic acids is 1. The van der Waals surface area contributed by atoms with E-state index < -0.39 is 0 Å². The number of anilines is 1. The highest BCUT2D eigenvalue weighted by Gasteiger charge is 2.26. The minimum atomic E-state index is -0.133. The predicted octanol–water partition coefficient (Wildman–Crippen LogP) is 2.20. The second-order valence-corrected chi connectivity index (χ2v) is 6.18. The van der Waals surface area contributed by atoms with Gasteiger partial charge in [0.05, 0.1) is 20.8 Å². The first-order chi connectivity index (χ1) is 11.5. The lowest BCUT2D eigenvalue weighted by Gasteiger charge is -2.38. The number of benzene rings is 1. The molecule has 134 valence electrons. The Morgan fingerprint density at radius 2 is 1.88 bits per heavy atom. The van der Waals surface area contributed by atoms with Crippen molar-refractivity contribution in [2.75, 3.05) is 38.8 Å². The summed E-state index contributed by atoms with van der Waals surface area (Å²) in [6.07, 6.45) is 2.17. The summed E-state index contributed by atoms with van der Waals surface area (Å²) in [7, 11) is 3.28. The van der Waals surface area contributed by atoms with Crippen molar-refractivity contribution in [3.63, 3.8) is 0 Å². The van der Waals surface area contributed by atoms with E-state index in [2.05, 4.69) is 4.90 Å². The van der Waals surface area contributed by atoms with Crippen LogP contribution in [-0.4, -0.2) is 45.9 Å². The predicted molar refractivity (Wildman–Crippen MR) is 93.7 cm³/mol. The first-order valence-electron chi connectivity index (χ1n) is 8.45. The SMILES string of the molecule is CCOC(=O)CCC1CC(N)CN(c2cc(OC)cc(OC)c2)C1. The van der Waals surface area contributed by atoms with Crippen molar-refractivity contribution >= 4 is 11.7 Å². The van der Waals surface area contributed by atoms with Crippen LogP contribution in [0.25, 0.3) is 0 Å². The number of nitrogens with two attached hydrogens (primary N) is 1. The number of carbonyl (C=O) groups is 1. The monoisotopic (exact) mass is 336 g/mol. The summed E-state index contributed by atoms with van der Waals surface area (Å²) in [5, 5.41) is 0. The van der Waals surface area contributed by atoms with Crippen LogP contribution in [-0.2, 0) is 9.53 Å². The third kappa shape index (κ3) is 5.03. The lowest BCUT2D eigenvalue weighted by atomic mass is 9.90. The molecule has 2 N–H and O–H groups in total. The first-order valence-corrected chi connectivity index (χ1v) is 8.45. The zero-order valence-electron chi connectivity index (χ0n) is 14.8. The highest BCUT2D eigenvalue weighted by atomic mass is 16.5. The van der Waals surface area contributed by atoms with Crippen LogP contribution in [0.3, 0.4) is 0 Å². The number of rotatable bonds is 7. The van der Waals surface area contributed by atoms with E-state index in [4.69, 9.17) is 19.9 Å². The molecular formula is C18H28N2O4. The number of hydrogen-bond donors (Lipinski definition) is 1. The summed E-state index contributed by atoms with van der Waals surface area (Å²) in [6.45, 7) is 3.90. The smallest absolute Gasteiger partial charge is 0.305 e. The molecular weight excluding hydrogens is 308 g/mol. The second-order valence-electron chi connectivity index (χ2n) is 6.18. The van der Waals surface area contributed by atoms with E-state index in [1.807, 2.05) is 25.1 Å². The van der Waals surface area contributed by atoms with Crippen LogP contribution in [0.4, 0.5) is 5.69 Å². The summed E-state index contributed by atoms with van der Waals surface area (Å²) in [4.78, 5) is 13.8. The van der Waals surface area contributed by atoms with Gasteiger partial charge in [0.15, 0.2) is 0 Å². The fourth-order valence-corrected chi connectivity index (χ4v) is 3.20. The molecule has 1 aliphatic heterocycles. The van der Waals surface area contributed by atoms with E-state index in [0.717, 1.165) is 43.1 Å². The third-order valence-electron chi connectivity index (χ3n) is 4.33. The molecule has 1 saturated heterocycles. The number of esters is 1. The van der Waals surface area contributed by atoms with Gasteiger partial charge in [-0.2, -0.15) is 0 Å². The van der Waals surface area contributed by atoms with Gasteiger partial charge in [0, 0.05) is 49.4 Å². The van der Waals surface area contributed by atoms with Crippen LogP contribution < -0.4 is 20.1 Å². The highest BCUT2D eigenvalue weighted by Crippen LogP contribution is 2.32. The molecule has 6 nitrogen and oxygen atoms in total. The quantitative estimate of drug-likeness (QED) is 0.770. The Bertz CT molecular complexity index is 528. The van der Waals surface area contributed by atoms with Crippen molar-refractivity contribution in [3.05, 3.63) is 18.2 Å². The van der Waals surface area contributed by atoms with Crippen molar-refractivity contribution in [2.45, 2.75) is 32.2 Å². The zero-order valence-corrected chi connectivity index (χ0v) is 14.8. The maximum atomic E-state index is 11.6. The van der Waals surface area contributed by atoms with Gasteiger partial charge in [-0.25, -0.2) is 0 Å². The number of methoxy groups -OCH3 is 2. The van der Waals surface area contributed by atoms with Gasteiger partial charge in [-0.05, 0) is 25.7 Å². The summed E-state index contributed by atoms with van der Waals surface area (Å²) in [5.74, 6) is 1.75. The highest BCUT2D eigenvalue weighted by molar-refractivity contribution is 5.69. The molecule has 1 heterocycles. The van der Waals surface area contributed by atoms with E-state index in [1.54, 1.807) is 14.2 Å². The van der Waals surface area contributed by atoms with Gasteiger partial charge in [-0.1, -0.05) is 0 Å². The molecule has 1 aromatic carbocycles. The molecule has 0 radical (unpaired) electrons. The van der Waals surface area contributed by atoms with Crippen LogP contribution in [0.5, 0.6) is 11.5 Å². The lowest BCUT2D eigenvalue weighted by molar-refractivity contribution is -0.143. The maximum absolute atomic E-state index is 11.6. The molecule has 0 bridgehead atoms. The lowest BCUT2D eigenvalue weighted by Crippen LogP contribution is -2.47. The minimum absolute atomic E-state index is 0.0862. The van der Waals surface area contributed by atoms with Gasteiger partial charge in [0.2, 0.25) is 0 Å². The van der Waals surface area contributed by atoms with E-state index >= 15 is 0 Å². The number of piperidine rings is 1. The topological polar surface area (TPSA) is 74.0 Å². The Morgan fingerprint density at radius 1 is 1.21 bits per heavy atom. The fourth-order valence-electron chi connectivity index (χ4n) is 3.20. The first kappa shape index (κ1) is 18.4. The molecule has 0 spiro atoms. The summed E-state index contributed by atoms with van der Waals surface area (Å²) < 4.78 is 15.7. The van der Waals surface area contributed by atoms with Gasteiger partial charge < -0.3 is 24.8 Å². The van der Waals surface area contributed by atoms with Crippen LogP contribution in [0.15, 0.2) is 18.2 Å². The van der Waals surface area contributed by atoms with Crippen molar-refractivity contribution in [1.29, 1.82) is 0 Å². The molecule has 2 atom stereocenters. The number of ether oxygens (including phenoxy) is 3. The minimum Gasteiger partial charge on any atom is -0.497 e. The van der Waals surface area contributed by atoms with Crippen molar-refractivity contribution in [3.8, 4) is 11.5 Å². The van der Waals surface area contributed by atoms with Crippen LogP contribution in [0.1, 0.15) is 26.2 Å². The van der Waals surface area contributed by atoms with Gasteiger partial charge in [-0.3, -0.25) is 4.79 Å². The van der Waals surface area contributed by atoms with Gasteiger partial charge in [0.25, 0.3) is 0 Å². The number of nitrogens with zero attached hydrogens (tertiary/aromatic N) is 1. The standard InChI is InChI=1S/C18H28N2O4/c1-4-24-18(21)6-5-13-7-14(19)12-20(11-13)15-8-16(22-2)10-17(9-15)23-3/h8-10,13-14H,4-7,11-12,19H2,1-3H3. The molecule has 0 aromatic heterocycles. The summed E-state index contributed by atoms with van der Waals surface area (Å²) >= 11 is 0. The average Bonchev–Trinajstić information content (AvgIpc) is 2.59. The van der Waals surface area contributed by atoms with E-state index in [-0.39, 0.29) is 12.0 Å². The summed E-state index contributed by atoms with van der Waals surface area (Å²) in [6, 6.07) is 5.92. The Kier molecular flexibility index (Phi) is 6.73. The third-order valence-corrected chi connectivity index (χ3v) is 4.33. The van der Waals surface area contributed by atoms with Gasteiger partial charge in [0.1, 0.15) is 11.5 Å². The molecule has 2 rings (SSSR count). The molecule has 1 fully saturated rings. The Labute approximate surface area is 143 Å². The Morgan fingerprint density at radius 3 is 2.46 bits per heavy atom. The van der Waals surface area contributed by atoms with E-state index in [9.17, 15) is 4.79 Å².